The van der Waals surface area contributed by atoms with E-state index in [2.05, 4.69) is 5.32 Å². The topological polar surface area (TPSA) is 104 Å². The third-order valence-corrected chi connectivity index (χ3v) is 2.46. The molecule has 108 valence electrons. The quantitative estimate of drug-likeness (QED) is 0.720. The van der Waals surface area contributed by atoms with Gasteiger partial charge in [-0.1, -0.05) is 0 Å². The number of carbonyl (C=O) groups excluding carboxylic acids is 1. The van der Waals surface area contributed by atoms with Crippen LogP contribution in [0.1, 0.15) is 16.8 Å². The molecule has 0 aliphatic rings. The second kappa shape index (κ2) is 6.60. The van der Waals surface area contributed by atoms with E-state index >= 15 is 0 Å². The molecule has 20 heavy (non-hydrogen) atoms. The first-order chi connectivity index (χ1) is 9.31. The zero-order valence-electron chi connectivity index (χ0n) is 10.1. The van der Waals surface area contributed by atoms with Crippen molar-refractivity contribution in [1.82, 2.24) is 5.32 Å². The van der Waals surface area contributed by atoms with Crippen molar-refractivity contribution < 1.29 is 33.4 Å². The Morgan fingerprint density at radius 2 is 1.85 bits per heavy atom. The summed E-state index contributed by atoms with van der Waals surface area (Å²) in [6.07, 6.45) is -0.679. The Labute approximate surface area is 112 Å². The molecule has 0 aliphatic heterocycles. The second-order valence-corrected chi connectivity index (χ2v) is 3.97. The second-order valence-electron chi connectivity index (χ2n) is 3.97. The van der Waals surface area contributed by atoms with E-state index in [1.165, 1.54) is 0 Å². The molecular formula is C12H11F2NO5. The molecule has 1 amide bonds. The van der Waals surface area contributed by atoms with Gasteiger partial charge in [-0.3, -0.25) is 14.4 Å². The molecule has 0 bridgehead atoms. The Morgan fingerprint density at radius 1 is 1.20 bits per heavy atom. The van der Waals surface area contributed by atoms with Crippen LogP contribution in [0.3, 0.4) is 0 Å². The molecule has 0 heterocycles. The molecule has 0 saturated carbocycles. The van der Waals surface area contributed by atoms with E-state index in [1.807, 2.05) is 0 Å². The smallest absolute Gasteiger partial charge is 0.308 e. The van der Waals surface area contributed by atoms with E-state index in [9.17, 15) is 23.2 Å². The molecule has 1 atom stereocenters. The maximum Gasteiger partial charge on any atom is 0.308 e. The number of amides is 1. The van der Waals surface area contributed by atoms with Gasteiger partial charge < -0.3 is 15.5 Å². The van der Waals surface area contributed by atoms with Gasteiger partial charge in [0.05, 0.1) is 17.9 Å². The van der Waals surface area contributed by atoms with Crippen molar-refractivity contribution in [3.8, 4) is 0 Å². The maximum absolute atomic E-state index is 13.3. The first-order valence-electron chi connectivity index (χ1n) is 5.49. The zero-order valence-corrected chi connectivity index (χ0v) is 10.1. The number of aliphatic carboxylic acids is 2. The summed E-state index contributed by atoms with van der Waals surface area (Å²) in [5.74, 6) is -6.95. The number of carboxylic acid groups (broad SMARTS) is 2. The van der Waals surface area contributed by atoms with Crippen molar-refractivity contribution in [2.45, 2.75) is 6.42 Å². The summed E-state index contributed by atoms with van der Waals surface area (Å²) in [4.78, 5) is 32.8. The number of rotatable bonds is 6. The van der Waals surface area contributed by atoms with Gasteiger partial charge >= 0.3 is 11.9 Å². The third-order valence-electron chi connectivity index (χ3n) is 2.46. The number of benzene rings is 1. The number of nitrogens with one attached hydrogen (secondary N) is 1. The summed E-state index contributed by atoms with van der Waals surface area (Å²) < 4.78 is 25.9. The number of carbonyl (C=O) groups is 3. The predicted octanol–water partition coefficient (Wildman–Crippen LogP) is 0.870. The van der Waals surface area contributed by atoms with E-state index in [0.29, 0.717) is 6.07 Å². The first kappa shape index (κ1) is 15.5. The van der Waals surface area contributed by atoms with E-state index in [-0.39, 0.29) is 0 Å². The van der Waals surface area contributed by atoms with Gasteiger partial charge in [0.15, 0.2) is 0 Å². The molecule has 3 N–H and O–H groups in total. The average Bonchev–Trinajstić information content (AvgIpc) is 2.33. The Balaban J connectivity index is 2.70. The molecule has 0 radical (unpaired) electrons. The fourth-order valence-electron chi connectivity index (χ4n) is 1.44. The summed E-state index contributed by atoms with van der Waals surface area (Å²) in [6, 6.07) is 2.30. The molecule has 6 nitrogen and oxygen atoms in total. The highest BCUT2D eigenvalue weighted by molar-refractivity contribution is 5.94. The van der Waals surface area contributed by atoms with Crippen molar-refractivity contribution in [3.05, 3.63) is 35.4 Å². The largest absolute Gasteiger partial charge is 0.481 e. The van der Waals surface area contributed by atoms with E-state index in [4.69, 9.17) is 10.2 Å². The zero-order chi connectivity index (χ0) is 15.3. The van der Waals surface area contributed by atoms with Gasteiger partial charge in [0.1, 0.15) is 11.6 Å². The van der Waals surface area contributed by atoms with E-state index < -0.39 is 53.9 Å². The molecular weight excluding hydrogens is 276 g/mol. The minimum Gasteiger partial charge on any atom is -0.481 e. The van der Waals surface area contributed by atoms with Crippen LogP contribution in [0.2, 0.25) is 0 Å². The average molecular weight is 287 g/mol. The molecule has 1 aromatic carbocycles. The minimum atomic E-state index is -1.40. The molecule has 1 unspecified atom stereocenters. The van der Waals surface area contributed by atoms with Crippen LogP contribution in [-0.2, 0) is 9.59 Å². The fourth-order valence-corrected chi connectivity index (χ4v) is 1.44. The Bertz CT molecular complexity index is 547. The Kier molecular flexibility index (Phi) is 5.13. The lowest BCUT2D eigenvalue weighted by Gasteiger charge is -2.11. The van der Waals surface area contributed by atoms with Crippen molar-refractivity contribution in [2.75, 3.05) is 6.54 Å². The molecule has 1 rings (SSSR count). The van der Waals surface area contributed by atoms with Crippen LogP contribution in [0.5, 0.6) is 0 Å². The van der Waals surface area contributed by atoms with Crippen LogP contribution in [0.25, 0.3) is 0 Å². The van der Waals surface area contributed by atoms with Gasteiger partial charge in [-0.25, -0.2) is 8.78 Å². The molecule has 1 aromatic rings. The fraction of sp³-hybridized carbons (Fsp3) is 0.250. The number of halogens is 2. The van der Waals surface area contributed by atoms with E-state index in [0.717, 1.165) is 12.1 Å². The summed E-state index contributed by atoms with van der Waals surface area (Å²) in [5, 5.41) is 19.4. The van der Waals surface area contributed by atoms with Crippen LogP contribution in [0, 0.1) is 17.6 Å². The standard InChI is InChI=1S/C12H11F2NO5/c13-7-1-2-8(9(14)4-7)11(18)15-5-6(12(19)20)3-10(16)17/h1-2,4,6H,3,5H2,(H,15,18)(H,16,17)(H,19,20). The van der Waals surface area contributed by atoms with Crippen LogP contribution in [0.15, 0.2) is 18.2 Å². The number of hydrogen-bond donors (Lipinski definition) is 3. The molecule has 0 aliphatic carbocycles. The summed E-state index contributed by atoms with van der Waals surface area (Å²) in [7, 11) is 0. The highest BCUT2D eigenvalue weighted by atomic mass is 19.1. The summed E-state index contributed by atoms with van der Waals surface area (Å²) >= 11 is 0. The van der Waals surface area contributed by atoms with Gasteiger partial charge in [-0.2, -0.15) is 0 Å². The highest BCUT2D eigenvalue weighted by Crippen LogP contribution is 2.10. The monoisotopic (exact) mass is 287 g/mol. The lowest BCUT2D eigenvalue weighted by atomic mass is 10.1. The molecule has 0 spiro atoms. The predicted molar refractivity (Wildman–Crippen MR) is 62.1 cm³/mol. The summed E-state index contributed by atoms with van der Waals surface area (Å²) in [5.41, 5.74) is -0.453. The van der Waals surface area contributed by atoms with Crippen molar-refractivity contribution in [3.63, 3.8) is 0 Å². The SMILES string of the molecule is O=C(O)CC(CNC(=O)c1ccc(F)cc1F)C(=O)O. The lowest BCUT2D eigenvalue weighted by Crippen LogP contribution is -2.34. The van der Waals surface area contributed by atoms with Crippen molar-refractivity contribution >= 4 is 17.8 Å². The highest BCUT2D eigenvalue weighted by Gasteiger charge is 2.22. The molecule has 8 heteroatoms. The number of hydrogen-bond acceptors (Lipinski definition) is 3. The van der Waals surface area contributed by atoms with Crippen molar-refractivity contribution in [1.29, 1.82) is 0 Å². The first-order valence-corrected chi connectivity index (χ1v) is 5.49. The van der Waals surface area contributed by atoms with Gasteiger partial charge in [0.25, 0.3) is 5.91 Å². The van der Waals surface area contributed by atoms with E-state index in [1.54, 1.807) is 0 Å². The Hall–Kier alpha value is -2.51. The van der Waals surface area contributed by atoms with Gasteiger partial charge in [0.2, 0.25) is 0 Å². The lowest BCUT2D eigenvalue weighted by molar-refractivity contribution is -0.148. The summed E-state index contributed by atoms with van der Waals surface area (Å²) in [6.45, 7) is -0.475. The van der Waals surface area contributed by atoms with Gasteiger partial charge in [0, 0.05) is 12.6 Å². The Morgan fingerprint density at radius 3 is 2.35 bits per heavy atom. The van der Waals surface area contributed by atoms with Crippen LogP contribution in [-0.4, -0.2) is 34.6 Å². The van der Waals surface area contributed by atoms with Gasteiger partial charge in [-0.05, 0) is 12.1 Å². The number of carboxylic acids is 2. The molecule has 0 fully saturated rings. The van der Waals surface area contributed by atoms with Crippen LogP contribution < -0.4 is 5.32 Å². The van der Waals surface area contributed by atoms with Crippen LogP contribution in [0.4, 0.5) is 8.78 Å². The molecule has 0 aromatic heterocycles. The van der Waals surface area contributed by atoms with Crippen LogP contribution >= 0.6 is 0 Å². The normalized spacial score (nSPS) is 11.7. The maximum atomic E-state index is 13.3. The minimum absolute atomic E-state index is 0.453. The third kappa shape index (κ3) is 4.30. The molecule has 0 saturated heterocycles. The van der Waals surface area contributed by atoms with Crippen molar-refractivity contribution in [2.24, 2.45) is 5.92 Å². The van der Waals surface area contributed by atoms with Gasteiger partial charge in [-0.15, -0.1) is 0 Å².